The molecule has 136 valence electrons. The van der Waals surface area contributed by atoms with Gasteiger partial charge in [0.05, 0.1) is 0 Å². The Bertz CT molecular complexity index is 478. The van der Waals surface area contributed by atoms with E-state index < -0.39 is 0 Å². The molecule has 1 saturated carbocycles. The van der Waals surface area contributed by atoms with Gasteiger partial charge in [-0.3, -0.25) is 4.90 Å². The molecule has 24 heavy (non-hydrogen) atoms. The number of rotatable bonds is 6. The van der Waals surface area contributed by atoms with E-state index in [0.29, 0.717) is 6.04 Å². The van der Waals surface area contributed by atoms with Crippen LogP contribution in [0.4, 0.5) is 0 Å². The van der Waals surface area contributed by atoms with Gasteiger partial charge in [0.1, 0.15) is 0 Å². The first-order valence-corrected chi connectivity index (χ1v) is 9.90. The summed E-state index contributed by atoms with van der Waals surface area (Å²) in [5.41, 5.74) is 8.97. The number of hydrogen-bond acceptors (Lipinski definition) is 2. The van der Waals surface area contributed by atoms with Gasteiger partial charge in [-0.25, -0.2) is 0 Å². The number of likely N-dealkylation sites (N-methyl/N-ethyl adjacent to an activating group) is 1. The molecule has 1 aromatic rings. The maximum atomic E-state index is 5.85. The van der Waals surface area contributed by atoms with Crippen LogP contribution in [0.3, 0.4) is 0 Å². The Balaban J connectivity index is 1.95. The van der Waals surface area contributed by atoms with Crippen molar-refractivity contribution in [3.63, 3.8) is 0 Å². The molecule has 0 spiro atoms. The van der Waals surface area contributed by atoms with Crippen LogP contribution in [-0.4, -0.2) is 30.1 Å². The molecule has 0 saturated heterocycles. The van der Waals surface area contributed by atoms with Crippen molar-refractivity contribution < 1.29 is 0 Å². The molecule has 1 atom stereocenters. The van der Waals surface area contributed by atoms with Crippen molar-refractivity contribution in [2.45, 2.75) is 84.2 Å². The van der Waals surface area contributed by atoms with Gasteiger partial charge >= 0.3 is 0 Å². The second kappa shape index (κ2) is 8.49. The van der Waals surface area contributed by atoms with Crippen molar-refractivity contribution in [3.05, 3.63) is 35.4 Å². The summed E-state index contributed by atoms with van der Waals surface area (Å²) in [6.07, 6.45) is 6.41. The third-order valence-corrected chi connectivity index (χ3v) is 5.90. The van der Waals surface area contributed by atoms with Crippen LogP contribution in [0.15, 0.2) is 24.3 Å². The van der Waals surface area contributed by atoms with E-state index in [4.69, 9.17) is 5.73 Å². The quantitative estimate of drug-likeness (QED) is 0.815. The number of hydrogen-bond donors (Lipinski definition) is 1. The minimum absolute atomic E-state index is 0.237. The molecule has 1 aliphatic rings. The lowest BCUT2D eigenvalue weighted by Gasteiger charge is -2.40. The maximum absolute atomic E-state index is 5.85. The van der Waals surface area contributed by atoms with Crippen LogP contribution in [0.25, 0.3) is 0 Å². The summed E-state index contributed by atoms with van der Waals surface area (Å²) in [4.78, 5) is 2.73. The molecule has 2 nitrogen and oxygen atoms in total. The molecule has 0 heterocycles. The maximum Gasteiger partial charge on any atom is 0.0110 e. The monoisotopic (exact) mass is 330 g/mol. The first-order chi connectivity index (χ1) is 11.3. The van der Waals surface area contributed by atoms with Gasteiger partial charge in [-0.15, -0.1) is 0 Å². The van der Waals surface area contributed by atoms with Crippen molar-refractivity contribution in [2.24, 2.45) is 11.7 Å². The Hall–Kier alpha value is -0.860. The largest absolute Gasteiger partial charge is 0.330 e. The van der Waals surface area contributed by atoms with E-state index in [1.165, 1.54) is 36.8 Å². The minimum Gasteiger partial charge on any atom is -0.330 e. The normalized spacial score (nSPS) is 23.5. The van der Waals surface area contributed by atoms with E-state index in [-0.39, 0.29) is 5.41 Å². The Kier molecular flexibility index (Phi) is 6.88. The molecule has 0 aliphatic heterocycles. The van der Waals surface area contributed by atoms with E-state index in [2.05, 4.69) is 63.8 Å². The first-order valence-electron chi connectivity index (χ1n) is 9.90. The predicted octanol–water partition coefficient (Wildman–Crippen LogP) is 4.75. The summed E-state index contributed by atoms with van der Waals surface area (Å²) >= 11 is 0. The molecule has 1 fully saturated rings. The van der Waals surface area contributed by atoms with Gasteiger partial charge in [-0.05, 0) is 74.6 Å². The molecular weight excluding hydrogens is 292 g/mol. The van der Waals surface area contributed by atoms with Gasteiger partial charge in [-0.1, -0.05) is 52.0 Å². The summed E-state index contributed by atoms with van der Waals surface area (Å²) in [6, 6.07) is 10.6. The fraction of sp³-hybridized carbons (Fsp3) is 0.727. The molecular formula is C22H38N2. The highest BCUT2D eigenvalue weighted by molar-refractivity contribution is 5.28. The molecule has 1 aromatic carbocycles. The molecule has 2 heteroatoms. The topological polar surface area (TPSA) is 29.3 Å². The van der Waals surface area contributed by atoms with E-state index >= 15 is 0 Å². The zero-order valence-corrected chi connectivity index (χ0v) is 16.5. The fourth-order valence-electron chi connectivity index (χ4n) is 4.24. The van der Waals surface area contributed by atoms with E-state index in [1.807, 2.05) is 0 Å². The first kappa shape index (κ1) is 19.5. The van der Waals surface area contributed by atoms with Crippen molar-refractivity contribution in [2.75, 3.05) is 13.1 Å². The zero-order valence-electron chi connectivity index (χ0n) is 16.5. The SMILES string of the molecule is CCN(C(C)Cc1ccc(C(C)(C)C)cc1)C1CCC(CN)CC1. The van der Waals surface area contributed by atoms with Crippen molar-refractivity contribution >= 4 is 0 Å². The Morgan fingerprint density at radius 1 is 1.08 bits per heavy atom. The van der Waals surface area contributed by atoms with Gasteiger partial charge in [-0.2, -0.15) is 0 Å². The second-order valence-corrected chi connectivity index (χ2v) is 8.74. The van der Waals surface area contributed by atoms with E-state index in [0.717, 1.165) is 31.5 Å². The van der Waals surface area contributed by atoms with Crippen LogP contribution < -0.4 is 5.73 Å². The summed E-state index contributed by atoms with van der Waals surface area (Å²) in [5, 5.41) is 0. The molecule has 2 rings (SSSR count). The van der Waals surface area contributed by atoms with Crippen LogP contribution in [-0.2, 0) is 11.8 Å². The Morgan fingerprint density at radius 2 is 1.67 bits per heavy atom. The van der Waals surface area contributed by atoms with Gasteiger partial charge < -0.3 is 5.73 Å². The van der Waals surface area contributed by atoms with Gasteiger partial charge in [0.25, 0.3) is 0 Å². The highest BCUT2D eigenvalue weighted by Gasteiger charge is 2.27. The lowest BCUT2D eigenvalue weighted by molar-refractivity contribution is 0.105. The van der Waals surface area contributed by atoms with Crippen LogP contribution in [0.5, 0.6) is 0 Å². The summed E-state index contributed by atoms with van der Waals surface area (Å²) in [6.45, 7) is 13.6. The highest BCUT2D eigenvalue weighted by atomic mass is 15.2. The number of benzene rings is 1. The van der Waals surface area contributed by atoms with Crippen molar-refractivity contribution in [3.8, 4) is 0 Å². The summed E-state index contributed by atoms with van der Waals surface area (Å²) in [5.74, 6) is 0.764. The average molecular weight is 331 g/mol. The molecule has 1 unspecified atom stereocenters. The van der Waals surface area contributed by atoms with Crippen LogP contribution >= 0.6 is 0 Å². The molecule has 0 bridgehead atoms. The van der Waals surface area contributed by atoms with Gasteiger partial charge in [0, 0.05) is 12.1 Å². The Labute approximate surface area is 149 Å². The third-order valence-electron chi connectivity index (χ3n) is 5.90. The molecule has 0 radical (unpaired) electrons. The smallest absolute Gasteiger partial charge is 0.0110 e. The average Bonchev–Trinajstić information content (AvgIpc) is 2.56. The predicted molar refractivity (Wildman–Crippen MR) is 105 cm³/mol. The third kappa shape index (κ3) is 5.07. The van der Waals surface area contributed by atoms with Crippen LogP contribution in [0.2, 0.25) is 0 Å². The Morgan fingerprint density at radius 3 is 2.12 bits per heavy atom. The second-order valence-electron chi connectivity index (χ2n) is 8.74. The van der Waals surface area contributed by atoms with E-state index in [1.54, 1.807) is 0 Å². The molecule has 1 aliphatic carbocycles. The zero-order chi connectivity index (χ0) is 17.7. The van der Waals surface area contributed by atoms with Crippen molar-refractivity contribution in [1.82, 2.24) is 4.90 Å². The number of nitrogens with zero attached hydrogens (tertiary/aromatic N) is 1. The summed E-state index contributed by atoms with van der Waals surface area (Å²) < 4.78 is 0. The highest BCUT2D eigenvalue weighted by Crippen LogP contribution is 2.29. The minimum atomic E-state index is 0.237. The standard InChI is InChI=1S/C22H38N2/c1-6-24(21-13-9-19(16-23)10-14-21)17(2)15-18-7-11-20(12-8-18)22(3,4)5/h7-8,11-12,17,19,21H,6,9-10,13-16,23H2,1-5H3. The van der Waals surface area contributed by atoms with E-state index in [9.17, 15) is 0 Å². The van der Waals surface area contributed by atoms with Gasteiger partial charge in [0.2, 0.25) is 0 Å². The lowest BCUT2D eigenvalue weighted by atomic mass is 9.84. The fourth-order valence-corrected chi connectivity index (χ4v) is 4.24. The van der Waals surface area contributed by atoms with Crippen LogP contribution in [0.1, 0.15) is 71.4 Å². The van der Waals surface area contributed by atoms with Crippen molar-refractivity contribution in [1.29, 1.82) is 0 Å². The number of nitrogens with two attached hydrogens (primary N) is 1. The van der Waals surface area contributed by atoms with Crippen LogP contribution in [0, 0.1) is 5.92 Å². The molecule has 2 N–H and O–H groups in total. The lowest BCUT2D eigenvalue weighted by Crippen LogP contribution is -2.45. The molecule has 0 amide bonds. The molecule has 0 aromatic heterocycles. The summed E-state index contributed by atoms with van der Waals surface area (Å²) in [7, 11) is 0. The van der Waals surface area contributed by atoms with Gasteiger partial charge in [0.15, 0.2) is 0 Å².